The van der Waals surface area contributed by atoms with Crippen LogP contribution in [0.2, 0.25) is 5.02 Å². The summed E-state index contributed by atoms with van der Waals surface area (Å²) in [5.74, 6) is 0.0531. The highest BCUT2D eigenvalue weighted by molar-refractivity contribution is 7.09. The molecule has 23 heavy (non-hydrogen) atoms. The summed E-state index contributed by atoms with van der Waals surface area (Å²) in [4.78, 5) is 15.6. The molecule has 3 rings (SSSR count). The molecule has 1 fully saturated rings. The smallest absolute Gasteiger partial charge is 0.234 e. The molecular weight excluding hydrogens is 330 g/mol. The van der Waals surface area contributed by atoms with Gasteiger partial charge in [-0.2, -0.15) is 0 Å². The van der Waals surface area contributed by atoms with E-state index in [-0.39, 0.29) is 11.9 Å². The van der Waals surface area contributed by atoms with Crippen LogP contribution in [0.3, 0.4) is 0 Å². The molecule has 1 atom stereocenters. The average molecular weight is 350 g/mol. The molecular formula is C17H20ClN3OS. The second-order valence-corrected chi connectivity index (χ2v) is 7.01. The number of piperazine rings is 1. The Balaban J connectivity index is 1.62. The minimum Gasteiger partial charge on any atom is -0.350 e. The Morgan fingerprint density at radius 2 is 2.22 bits per heavy atom. The van der Waals surface area contributed by atoms with Crippen LogP contribution in [-0.2, 0) is 11.3 Å². The van der Waals surface area contributed by atoms with Crippen molar-refractivity contribution < 1.29 is 4.79 Å². The van der Waals surface area contributed by atoms with Gasteiger partial charge in [-0.15, -0.1) is 11.3 Å². The summed E-state index contributed by atoms with van der Waals surface area (Å²) in [5, 5.41) is 9.16. The highest BCUT2D eigenvalue weighted by Crippen LogP contribution is 2.28. The van der Waals surface area contributed by atoms with Gasteiger partial charge in [-0.05, 0) is 23.1 Å². The molecule has 2 N–H and O–H groups in total. The van der Waals surface area contributed by atoms with Crippen molar-refractivity contribution in [2.24, 2.45) is 0 Å². The Morgan fingerprint density at radius 1 is 1.35 bits per heavy atom. The van der Waals surface area contributed by atoms with E-state index < -0.39 is 0 Å². The molecule has 122 valence electrons. The van der Waals surface area contributed by atoms with E-state index in [2.05, 4.69) is 15.5 Å². The van der Waals surface area contributed by atoms with Crippen molar-refractivity contribution in [1.82, 2.24) is 15.5 Å². The summed E-state index contributed by atoms with van der Waals surface area (Å²) in [6.07, 6.45) is 0. The van der Waals surface area contributed by atoms with Gasteiger partial charge in [0.05, 0.1) is 13.1 Å². The molecule has 1 amide bonds. The first-order chi connectivity index (χ1) is 11.2. The third-order valence-corrected chi connectivity index (χ3v) is 5.23. The zero-order chi connectivity index (χ0) is 16.1. The van der Waals surface area contributed by atoms with Gasteiger partial charge >= 0.3 is 0 Å². The van der Waals surface area contributed by atoms with E-state index in [1.54, 1.807) is 11.3 Å². The summed E-state index contributed by atoms with van der Waals surface area (Å²) < 4.78 is 0. The number of hydrogen-bond acceptors (Lipinski definition) is 4. The molecule has 1 saturated heterocycles. The Bertz CT molecular complexity index is 647. The first kappa shape index (κ1) is 16.5. The molecule has 2 aromatic rings. The third kappa shape index (κ3) is 4.32. The molecule has 4 nitrogen and oxygen atoms in total. The maximum absolute atomic E-state index is 12.3. The summed E-state index contributed by atoms with van der Waals surface area (Å²) >= 11 is 7.99. The number of amides is 1. The Kier molecular flexibility index (Phi) is 5.67. The molecule has 1 aliphatic rings. The lowest BCUT2D eigenvalue weighted by molar-refractivity contribution is -0.123. The second kappa shape index (κ2) is 7.93. The number of carbonyl (C=O) groups excluding carboxylic acids is 1. The largest absolute Gasteiger partial charge is 0.350 e. The van der Waals surface area contributed by atoms with Crippen molar-refractivity contribution >= 4 is 28.8 Å². The van der Waals surface area contributed by atoms with E-state index in [1.165, 1.54) is 4.88 Å². The van der Waals surface area contributed by atoms with Crippen LogP contribution in [0, 0.1) is 0 Å². The molecule has 0 bridgehead atoms. The summed E-state index contributed by atoms with van der Waals surface area (Å²) in [5.41, 5.74) is 1.08. The maximum Gasteiger partial charge on any atom is 0.234 e. The van der Waals surface area contributed by atoms with Crippen LogP contribution in [0.5, 0.6) is 0 Å². The number of rotatable bonds is 5. The van der Waals surface area contributed by atoms with Gasteiger partial charge in [0, 0.05) is 35.6 Å². The van der Waals surface area contributed by atoms with E-state index in [9.17, 15) is 4.79 Å². The lowest BCUT2D eigenvalue weighted by Gasteiger charge is -2.36. The summed E-state index contributed by atoms with van der Waals surface area (Å²) in [6.45, 7) is 3.52. The zero-order valence-corrected chi connectivity index (χ0v) is 14.4. The van der Waals surface area contributed by atoms with Crippen LogP contribution in [0.1, 0.15) is 16.5 Å². The maximum atomic E-state index is 12.3. The molecule has 1 aliphatic heterocycles. The van der Waals surface area contributed by atoms with Gasteiger partial charge < -0.3 is 10.6 Å². The number of hydrogen-bond donors (Lipinski definition) is 2. The first-order valence-electron chi connectivity index (χ1n) is 7.72. The topological polar surface area (TPSA) is 44.4 Å². The number of nitrogens with one attached hydrogen (secondary N) is 2. The zero-order valence-electron chi connectivity index (χ0n) is 12.8. The van der Waals surface area contributed by atoms with Gasteiger partial charge in [-0.25, -0.2) is 0 Å². The lowest BCUT2D eigenvalue weighted by Crippen LogP contribution is -2.49. The van der Waals surface area contributed by atoms with Gasteiger partial charge in [-0.3, -0.25) is 9.69 Å². The lowest BCUT2D eigenvalue weighted by atomic mass is 10.0. The highest BCUT2D eigenvalue weighted by atomic mass is 35.5. The van der Waals surface area contributed by atoms with Crippen molar-refractivity contribution in [3.63, 3.8) is 0 Å². The SMILES string of the molecule is O=C(CN1CCNCC1c1ccccc1Cl)NCc1cccs1. The fourth-order valence-corrected chi connectivity index (χ4v) is 3.73. The molecule has 2 heterocycles. The normalized spacial score (nSPS) is 18.7. The van der Waals surface area contributed by atoms with Crippen LogP contribution in [0.4, 0.5) is 0 Å². The number of thiophene rings is 1. The van der Waals surface area contributed by atoms with E-state index >= 15 is 0 Å². The molecule has 1 aromatic heterocycles. The van der Waals surface area contributed by atoms with Crippen molar-refractivity contribution in [2.75, 3.05) is 26.2 Å². The average Bonchev–Trinajstić information content (AvgIpc) is 3.08. The summed E-state index contributed by atoms with van der Waals surface area (Å²) in [6, 6.07) is 12.0. The number of halogens is 1. The molecule has 0 saturated carbocycles. The number of carbonyl (C=O) groups is 1. The number of benzene rings is 1. The predicted octanol–water partition coefficient (Wildman–Crippen LogP) is 2.66. The van der Waals surface area contributed by atoms with Gasteiger partial charge in [0.25, 0.3) is 0 Å². The van der Waals surface area contributed by atoms with Crippen molar-refractivity contribution in [1.29, 1.82) is 0 Å². The quantitative estimate of drug-likeness (QED) is 0.872. The Labute approximate surface area is 145 Å². The van der Waals surface area contributed by atoms with Gasteiger partial charge in [0.15, 0.2) is 0 Å². The molecule has 0 aliphatic carbocycles. The summed E-state index contributed by atoms with van der Waals surface area (Å²) in [7, 11) is 0. The van der Waals surface area contributed by atoms with Gasteiger partial charge in [0.2, 0.25) is 5.91 Å². The van der Waals surface area contributed by atoms with E-state index in [4.69, 9.17) is 11.6 Å². The Morgan fingerprint density at radius 3 is 3.00 bits per heavy atom. The molecule has 0 radical (unpaired) electrons. The van der Waals surface area contributed by atoms with E-state index in [0.717, 1.165) is 30.2 Å². The molecule has 6 heteroatoms. The monoisotopic (exact) mass is 349 g/mol. The van der Waals surface area contributed by atoms with E-state index in [1.807, 2.05) is 41.8 Å². The minimum absolute atomic E-state index is 0.0531. The molecule has 1 unspecified atom stereocenters. The third-order valence-electron chi connectivity index (χ3n) is 4.01. The number of nitrogens with zero attached hydrogens (tertiary/aromatic N) is 1. The first-order valence-corrected chi connectivity index (χ1v) is 8.98. The predicted molar refractivity (Wildman–Crippen MR) is 94.8 cm³/mol. The van der Waals surface area contributed by atoms with E-state index in [0.29, 0.717) is 13.1 Å². The Hall–Kier alpha value is -1.40. The fraction of sp³-hybridized carbons (Fsp3) is 0.353. The fourth-order valence-electron chi connectivity index (χ4n) is 2.83. The van der Waals surface area contributed by atoms with Crippen LogP contribution >= 0.6 is 22.9 Å². The second-order valence-electron chi connectivity index (χ2n) is 5.57. The standard InChI is InChI=1S/C17H20ClN3OS/c18-15-6-2-1-5-14(15)16-11-19-7-8-21(16)12-17(22)20-10-13-4-3-9-23-13/h1-6,9,16,19H,7-8,10-12H2,(H,20,22). The van der Waals surface area contributed by atoms with Crippen LogP contribution < -0.4 is 10.6 Å². The highest BCUT2D eigenvalue weighted by Gasteiger charge is 2.26. The molecule has 0 spiro atoms. The molecule has 1 aromatic carbocycles. The van der Waals surface area contributed by atoms with Crippen LogP contribution in [0.25, 0.3) is 0 Å². The van der Waals surface area contributed by atoms with Crippen molar-refractivity contribution in [3.05, 3.63) is 57.2 Å². The van der Waals surface area contributed by atoms with Crippen LogP contribution in [0.15, 0.2) is 41.8 Å². The van der Waals surface area contributed by atoms with Crippen LogP contribution in [-0.4, -0.2) is 37.0 Å². The minimum atomic E-state index is 0.0531. The van der Waals surface area contributed by atoms with Crippen molar-refractivity contribution in [2.45, 2.75) is 12.6 Å². The van der Waals surface area contributed by atoms with Crippen molar-refractivity contribution in [3.8, 4) is 0 Å². The van der Waals surface area contributed by atoms with Gasteiger partial charge in [-0.1, -0.05) is 35.9 Å². The van der Waals surface area contributed by atoms with Gasteiger partial charge in [0.1, 0.15) is 0 Å².